The van der Waals surface area contributed by atoms with Gasteiger partial charge in [0.05, 0.1) is 7.11 Å². The number of benzene rings is 2. The van der Waals surface area contributed by atoms with Gasteiger partial charge in [-0.25, -0.2) is 0 Å². The minimum absolute atomic E-state index is 0.350. The summed E-state index contributed by atoms with van der Waals surface area (Å²) in [5.74, 6) is 0.341. The zero-order valence-electron chi connectivity index (χ0n) is 12.1. The summed E-state index contributed by atoms with van der Waals surface area (Å²) in [4.78, 5) is 11.3. The fraction of sp³-hybridized carbons (Fsp3) is 0.118. The van der Waals surface area contributed by atoms with Gasteiger partial charge in [0, 0.05) is 28.0 Å². The molecule has 0 radical (unpaired) electrons. The molecule has 2 aromatic carbocycles. The van der Waals surface area contributed by atoms with Gasteiger partial charge in [-0.15, -0.1) is 0 Å². The molecule has 0 fully saturated rings. The SMILES string of the molecule is COc1cc(Cl)cc(C=Cc2ccccc2Br)c1OC(C)=O. The van der Waals surface area contributed by atoms with Gasteiger partial charge >= 0.3 is 5.97 Å². The van der Waals surface area contributed by atoms with Crippen LogP contribution in [-0.2, 0) is 4.79 Å². The largest absolute Gasteiger partial charge is 0.493 e. The molecule has 0 bridgehead atoms. The molecular formula is C17H14BrClO3. The van der Waals surface area contributed by atoms with E-state index >= 15 is 0 Å². The van der Waals surface area contributed by atoms with Gasteiger partial charge in [0.1, 0.15) is 0 Å². The van der Waals surface area contributed by atoms with Gasteiger partial charge in [0.15, 0.2) is 11.5 Å². The predicted octanol–water partition coefficient (Wildman–Crippen LogP) is 5.21. The summed E-state index contributed by atoms with van der Waals surface area (Å²) in [5.41, 5.74) is 1.66. The van der Waals surface area contributed by atoms with E-state index in [1.807, 2.05) is 36.4 Å². The highest BCUT2D eigenvalue weighted by Gasteiger charge is 2.13. The molecule has 5 heteroatoms. The third-order valence-corrected chi connectivity index (χ3v) is 3.80. The Morgan fingerprint density at radius 3 is 2.50 bits per heavy atom. The number of carbonyl (C=O) groups is 1. The van der Waals surface area contributed by atoms with Crippen molar-refractivity contribution in [2.45, 2.75) is 6.92 Å². The average Bonchev–Trinajstić information content (AvgIpc) is 2.48. The molecule has 3 nitrogen and oxygen atoms in total. The molecule has 0 aliphatic heterocycles. The Bertz CT molecular complexity index is 726. The minimum atomic E-state index is -0.420. The molecule has 0 heterocycles. The van der Waals surface area contributed by atoms with Gasteiger partial charge < -0.3 is 9.47 Å². The third kappa shape index (κ3) is 4.12. The first-order valence-corrected chi connectivity index (χ1v) is 7.67. The zero-order valence-corrected chi connectivity index (χ0v) is 14.4. The topological polar surface area (TPSA) is 35.5 Å². The van der Waals surface area contributed by atoms with Crippen LogP contribution in [0, 0.1) is 0 Å². The van der Waals surface area contributed by atoms with Crippen molar-refractivity contribution < 1.29 is 14.3 Å². The van der Waals surface area contributed by atoms with Crippen LogP contribution in [0.15, 0.2) is 40.9 Å². The van der Waals surface area contributed by atoms with Gasteiger partial charge in [-0.2, -0.15) is 0 Å². The van der Waals surface area contributed by atoms with E-state index in [1.54, 1.807) is 12.1 Å². The van der Waals surface area contributed by atoms with Crippen LogP contribution in [0.5, 0.6) is 11.5 Å². The maximum Gasteiger partial charge on any atom is 0.308 e. The molecule has 0 spiro atoms. The molecule has 2 aromatic rings. The highest BCUT2D eigenvalue weighted by Crippen LogP contribution is 2.36. The number of hydrogen-bond acceptors (Lipinski definition) is 3. The van der Waals surface area contributed by atoms with Crippen LogP contribution in [0.4, 0.5) is 0 Å². The Kier molecular flexibility index (Phi) is 5.63. The molecule has 0 saturated carbocycles. The monoisotopic (exact) mass is 380 g/mol. The molecule has 0 saturated heterocycles. The summed E-state index contributed by atoms with van der Waals surface area (Å²) in [6.45, 7) is 1.34. The fourth-order valence-electron chi connectivity index (χ4n) is 1.91. The van der Waals surface area contributed by atoms with Gasteiger partial charge in [-0.3, -0.25) is 4.79 Å². The molecule has 0 aliphatic rings. The van der Waals surface area contributed by atoms with Crippen molar-refractivity contribution in [1.29, 1.82) is 0 Å². The number of carbonyl (C=O) groups excluding carboxylic acids is 1. The zero-order chi connectivity index (χ0) is 16.1. The lowest BCUT2D eigenvalue weighted by Crippen LogP contribution is -2.04. The highest BCUT2D eigenvalue weighted by molar-refractivity contribution is 9.10. The molecular weight excluding hydrogens is 368 g/mol. The third-order valence-electron chi connectivity index (χ3n) is 2.86. The van der Waals surface area contributed by atoms with Crippen molar-refractivity contribution in [3.8, 4) is 11.5 Å². The summed E-state index contributed by atoms with van der Waals surface area (Å²) in [6, 6.07) is 11.1. The first-order valence-electron chi connectivity index (χ1n) is 6.50. The highest BCUT2D eigenvalue weighted by atomic mass is 79.9. The van der Waals surface area contributed by atoms with Crippen LogP contribution in [0.1, 0.15) is 18.1 Å². The lowest BCUT2D eigenvalue weighted by molar-refractivity contribution is -0.132. The molecule has 114 valence electrons. The van der Waals surface area contributed by atoms with Crippen molar-refractivity contribution in [1.82, 2.24) is 0 Å². The summed E-state index contributed by atoms with van der Waals surface area (Å²) in [7, 11) is 1.50. The normalized spacial score (nSPS) is 10.7. The summed E-state index contributed by atoms with van der Waals surface area (Å²) >= 11 is 9.57. The van der Waals surface area contributed by atoms with Gasteiger partial charge in [0.25, 0.3) is 0 Å². The van der Waals surface area contributed by atoms with Crippen molar-refractivity contribution in [3.05, 3.63) is 57.0 Å². The molecule has 2 rings (SSSR count). The summed E-state index contributed by atoms with van der Waals surface area (Å²) in [6.07, 6.45) is 3.73. The first kappa shape index (κ1) is 16.6. The van der Waals surface area contributed by atoms with Gasteiger partial charge in [-0.1, -0.05) is 57.9 Å². The lowest BCUT2D eigenvalue weighted by Gasteiger charge is -2.11. The maximum absolute atomic E-state index is 11.3. The predicted molar refractivity (Wildman–Crippen MR) is 92.4 cm³/mol. The lowest BCUT2D eigenvalue weighted by atomic mass is 10.1. The molecule has 0 atom stereocenters. The van der Waals surface area contributed by atoms with E-state index in [0.29, 0.717) is 22.1 Å². The number of halogens is 2. The van der Waals surface area contributed by atoms with E-state index in [9.17, 15) is 4.79 Å². The molecule has 0 aliphatic carbocycles. The number of ether oxygens (including phenoxy) is 2. The Morgan fingerprint density at radius 2 is 1.86 bits per heavy atom. The number of esters is 1. The average molecular weight is 382 g/mol. The van der Waals surface area contributed by atoms with Crippen LogP contribution >= 0.6 is 27.5 Å². The van der Waals surface area contributed by atoms with Crippen LogP contribution in [0.25, 0.3) is 12.2 Å². The number of methoxy groups -OCH3 is 1. The minimum Gasteiger partial charge on any atom is -0.493 e. The summed E-state index contributed by atoms with van der Waals surface area (Å²) in [5, 5.41) is 0.500. The van der Waals surface area contributed by atoms with Crippen LogP contribution in [0.2, 0.25) is 5.02 Å². The number of hydrogen-bond donors (Lipinski definition) is 0. The van der Waals surface area contributed by atoms with Crippen molar-refractivity contribution in [3.63, 3.8) is 0 Å². The van der Waals surface area contributed by atoms with E-state index in [0.717, 1.165) is 10.0 Å². The molecule has 0 amide bonds. The summed E-state index contributed by atoms with van der Waals surface area (Å²) < 4.78 is 11.5. The Balaban J connectivity index is 2.47. The standard InChI is InChI=1S/C17H14BrClO3/c1-11(20)22-17-13(9-14(19)10-16(17)21-2)8-7-12-5-3-4-6-15(12)18/h3-10H,1-2H3. The molecule has 0 N–H and O–H groups in total. The molecule has 0 aromatic heterocycles. The van der Waals surface area contributed by atoms with Crippen molar-refractivity contribution in [2.24, 2.45) is 0 Å². The second-order valence-corrected chi connectivity index (χ2v) is 5.77. The quantitative estimate of drug-likeness (QED) is 0.414. The van der Waals surface area contributed by atoms with Gasteiger partial charge in [0.2, 0.25) is 0 Å². The van der Waals surface area contributed by atoms with Crippen molar-refractivity contribution >= 4 is 45.7 Å². The van der Waals surface area contributed by atoms with Crippen molar-refractivity contribution in [2.75, 3.05) is 7.11 Å². The Hall–Kier alpha value is -1.78. The second kappa shape index (κ2) is 7.47. The van der Waals surface area contributed by atoms with Crippen LogP contribution in [-0.4, -0.2) is 13.1 Å². The van der Waals surface area contributed by atoms with E-state index in [1.165, 1.54) is 14.0 Å². The fourth-order valence-corrected chi connectivity index (χ4v) is 2.54. The maximum atomic E-state index is 11.3. The van der Waals surface area contributed by atoms with Gasteiger partial charge in [-0.05, 0) is 17.7 Å². The smallest absolute Gasteiger partial charge is 0.308 e. The van der Waals surface area contributed by atoms with E-state index in [-0.39, 0.29) is 0 Å². The Morgan fingerprint density at radius 1 is 1.18 bits per heavy atom. The molecule has 22 heavy (non-hydrogen) atoms. The van der Waals surface area contributed by atoms with Crippen LogP contribution < -0.4 is 9.47 Å². The second-order valence-electron chi connectivity index (χ2n) is 4.47. The number of rotatable bonds is 4. The van der Waals surface area contributed by atoms with E-state index in [4.69, 9.17) is 21.1 Å². The Labute approximate surface area is 142 Å². The van der Waals surface area contributed by atoms with Crippen LogP contribution in [0.3, 0.4) is 0 Å². The first-order chi connectivity index (χ1) is 10.5. The van der Waals surface area contributed by atoms with E-state index < -0.39 is 5.97 Å². The van der Waals surface area contributed by atoms with E-state index in [2.05, 4.69) is 15.9 Å². The molecule has 0 unspecified atom stereocenters.